The summed E-state index contributed by atoms with van der Waals surface area (Å²) in [4.78, 5) is 0. The number of aryl methyl sites for hydroxylation is 1. The SMILES string of the molecule is c1cn(CCCNC2COC2)nn1. The summed E-state index contributed by atoms with van der Waals surface area (Å²) in [5, 5.41) is 11.0. The average Bonchev–Trinajstić information content (AvgIpc) is 2.53. The minimum Gasteiger partial charge on any atom is -0.378 e. The second-order valence-corrected chi connectivity index (χ2v) is 3.21. The summed E-state index contributed by atoms with van der Waals surface area (Å²) in [6, 6.07) is 0.579. The van der Waals surface area contributed by atoms with Crippen LogP contribution in [0.1, 0.15) is 6.42 Å². The third kappa shape index (κ3) is 2.50. The number of hydrogen-bond acceptors (Lipinski definition) is 4. The second-order valence-electron chi connectivity index (χ2n) is 3.21. The van der Waals surface area contributed by atoms with Gasteiger partial charge in [-0.15, -0.1) is 5.10 Å². The Morgan fingerprint density at radius 3 is 3.08 bits per heavy atom. The molecule has 1 aromatic heterocycles. The van der Waals surface area contributed by atoms with Crippen LogP contribution in [-0.2, 0) is 11.3 Å². The third-order valence-corrected chi connectivity index (χ3v) is 2.11. The molecule has 0 bridgehead atoms. The second kappa shape index (κ2) is 4.34. The van der Waals surface area contributed by atoms with E-state index in [0.717, 1.165) is 32.7 Å². The Kier molecular flexibility index (Phi) is 2.89. The smallest absolute Gasteiger partial charge is 0.0692 e. The maximum Gasteiger partial charge on any atom is 0.0692 e. The normalized spacial score (nSPS) is 17.2. The van der Waals surface area contributed by atoms with E-state index in [1.165, 1.54) is 0 Å². The van der Waals surface area contributed by atoms with E-state index >= 15 is 0 Å². The van der Waals surface area contributed by atoms with Crippen molar-refractivity contribution in [2.75, 3.05) is 19.8 Å². The summed E-state index contributed by atoms with van der Waals surface area (Å²) in [5.74, 6) is 0. The molecule has 5 heteroatoms. The van der Waals surface area contributed by atoms with E-state index in [-0.39, 0.29) is 0 Å². The highest BCUT2D eigenvalue weighted by molar-refractivity contribution is 4.72. The van der Waals surface area contributed by atoms with E-state index in [0.29, 0.717) is 6.04 Å². The van der Waals surface area contributed by atoms with Crippen molar-refractivity contribution in [2.24, 2.45) is 0 Å². The lowest BCUT2D eigenvalue weighted by Crippen LogP contribution is -2.46. The van der Waals surface area contributed by atoms with Crippen molar-refractivity contribution in [3.8, 4) is 0 Å². The minimum absolute atomic E-state index is 0.579. The maximum atomic E-state index is 5.05. The highest BCUT2D eigenvalue weighted by atomic mass is 16.5. The largest absolute Gasteiger partial charge is 0.378 e. The quantitative estimate of drug-likeness (QED) is 0.633. The van der Waals surface area contributed by atoms with Gasteiger partial charge in [-0.05, 0) is 13.0 Å². The molecule has 0 radical (unpaired) electrons. The number of nitrogens with zero attached hydrogens (tertiary/aromatic N) is 3. The molecule has 1 fully saturated rings. The lowest BCUT2D eigenvalue weighted by molar-refractivity contribution is -0.00503. The molecule has 13 heavy (non-hydrogen) atoms. The molecule has 5 nitrogen and oxygen atoms in total. The van der Waals surface area contributed by atoms with Crippen LogP contribution in [0.25, 0.3) is 0 Å². The number of nitrogens with one attached hydrogen (secondary N) is 1. The van der Waals surface area contributed by atoms with Gasteiger partial charge in [-0.25, -0.2) is 0 Å². The molecule has 1 aromatic rings. The fourth-order valence-corrected chi connectivity index (χ4v) is 1.25. The highest BCUT2D eigenvalue weighted by Gasteiger charge is 2.16. The van der Waals surface area contributed by atoms with Gasteiger partial charge in [-0.1, -0.05) is 5.21 Å². The van der Waals surface area contributed by atoms with Gasteiger partial charge >= 0.3 is 0 Å². The van der Waals surface area contributed by atoms with Crippen LogP contribution in [-0.4, -0.2) is 40.8 Å². The van der Waals surface area contributed by atoms with Crippen LogP contribution in [0.15, 0.2) is 12.4 Å². The van der Waals surface area contributed by atoms with Crippen molar-refractivity contribution in [1.29, 1.82) is 0 Å². The van der Waals surface area contributed by atoms with Crippen molar-refractivity contribution in [1.82, 2.24) is 20.3 Å². The zero-order chi connectivity index (χ0) is 8.93. The first-order valence-corrected chi connectivity index (χ1v) is 4.60. The predicted molar refractivity (Wildman–Crippen MR) is 47.2 cm³/mol. The van der Waals surface area contributed by atoms with Gasteiger partial charge < -0.3 is 10.1 Å². The van der Waals surface area contributed by atoms with Gasteiger partial charge in [0.25, 0.3) is 0 Å². The Hall–Kier alpha value is -0.940. The summed E-state index contributed by atoms with van der Waals surface area (Å²) >= 11 is 0. The molecule has 0 unspecified atom stereocenters. The van der Waals surface area contributed by atoms with Gasteiger partial charge in [0.15, 0.2) is 0 Å². The summed E-state index contributed by atoms with van der Waals surface area (Å²) in [6.07, 6.45) is 4.67. The summed E-state index contributed by atoms with van der Waals surface area (Å²) < 4.78 is 6.89. The van der Waals surface area contributed by atoms with Crippen LogP contribution < -0.4 is 5.32 Å². The van der Waals surface area contributed by atoms with Gasteiger partial charge in [-0.3, -0.25) is 4.68 Å². The number of aromatic nitrogens is 3. The van der Waals surface area contributed by atoms with Crippen LogP contribution in [0.4, 0.5) is 0 Å². The van der Waals surface area contributed by atoms with E-state index in [9.17, 15) is 0 Å². The Balaban J connectivity index is 1.53. The Labute approximate surface area is 77.1 Å². The van der Waals surface area contributed by atoms with Crippen LogP contribution in [0.3, 0.4) is 0 Å². The fraction of sp³-hybridized carbons (Fsp3) is 0.750. The third-order valence-electron chi connectivity index (χ3n) is 2.11. The highest BCUT2D eigenvalue weighted by Crippen LogP contribution is 1.99. The average molecular weight is 182 g/mol. The van der Waals surface area contributed by atoms with Gasteiger partial charge in [0.1, 0.15) is 0 Å². The van der Waals surface area contributed by atoms with E-state index in [1.54, 1.807) is 6.20 Å². The lowest BCUT2D eigenvalue weighted by atomic mass is 10.2. The predicted octanol–water partition coefficient (Wildman–Crippen LogP) is -0.343. The molecule has 0 spiro atoms. The van der Waals surface area contributed by atoms with Crippen molar-refractivity contribution in [2.45, 2.75) is 19.0 Å². The number of rotatable bonds is 5. The molecule has 1 aliphatic rings. The van der Waals surface area contributed by atoms with Crippen molar-refractivity contribution >= 4 is 0 Å². The van der Waals surface area contributed by atoms with Gasteiger partial charge in [-0.2, -0.15) is 0 Å². The summed E-state index contributed by atoms with van der Waals surface area (Å²) in [7, 11) is 0. The van der Waals surface area contributed by atoms with Crippen LogP contribution in [0.2, 0.25) is 0 Å². The molecule has 1 N–H and O–H groups in total. The first-order valence-electron chi connectivity index (χ1n) is 4.60. The Morgan fingerprint density at radius 2 is 2.46 bits per heavy atom. The molecule has 0 aliphatic carbocycles. The molecule has 0 atom stereocenters. The molecular formula is C8H14N4O. The zero-order valence-electron chi connectivity index (χ0n) is 7.52. The molecule has 1 saturated heterocycles. The Morgan fingerprint density at radius 1 is 1.54 bits per heavy atom. The van der Waals surface area contributed by atoms with E-state index in [2.05, 4.69) is 15.6 Å². The van der Waals surface area contributed by atoms with E-state index in [4.69, 9.17) is 4.74 Å². The molecule has 0 amide bonds. The summed E-state index contributed by atoms with van der Waals surface area (Å²) in [6.45, 7) is 3.68. The topological polar surface area (TPSA) is 52.0 Å². The van der Waals surface area contributed by atoms with Crippen LogP contribution in [0, 0.1) is 0 Å². The molecule has 0 aromatic carbocycles. The van der Waals surface area contributed by atoms with E-state index < -0.39 is 0 Å². The maximum absolute atomic E-state index is 5.05. The first-order chi connectivity index (χ1) is 6.45. The molecule has 2 heterocycles. The van der Waals surface area contributed by atoms with Crippen molar-refractivity contribution in [3.63, 3.8) is 0 Å². The molecule has 0 saturated carbocycles. The molecule has 1 aliphatic heterocycles. The monoisotopic (exact) mass is 182 g/mol. The summed E-state index contributed by atoms with van der Waals surface area (Å²) in [5.41, 5.74) is 0. The van der Waals surface area contributed by atoms with Gasteiger partial charge in [0.2, 0.25) is 0 Å². The van der Waals surface area contributed by atoms with E-state index in [1.807, 2.05) is 10.9 Å². The fourth-order valence-electron chi connectivity index (χ4n) is 1.25. The lowest BCUT2D eigenvalue weighted by Gasteiger charge is -2.26. The molecule has 2 rings (SSSR count). The first kappa shape index (κ1) is 8.65. The van der Waals surface area contributed by atoms with Crippen molar-refractivity contribution < 1.29 is 4.74 Å². The van der Waals surface area contributed by atoms with Crippen LogP contribution in [0.5, 0.6) is 0 Å². The number of hydrogen-bond donors (Lipinski definition) is 1. The zero-order valence-corrected chi connectivity index (χ0v) is 7.52. The number of ether oxygens (including phenoxy) is 1. The van der Waals surface area contributed by atoms with Crippen LogP contribution >= 0.6 is 0 Å². The Bertz CT molecular complexity index is 232. The molecule has 72 valence electrons. The molecular weight excluding hydrogens is 168 g/mol. The van der Waals surface area contributed by atoms with Gasteiger partial charge in [0, 0.05) is 12.7 Å². The van der Waals surface area contributed by atoms with Gasteiger partial charge in [0.05, 0.1) is 25.5 Å². The standard InChI is InChI=1S/C8H14N4O/c1(2-9-8-6-13-7-8)4-12-5-3-10-11-12/h3,5,8-9H,1-2,4,6-7H2. The minimum atomic E-state index is 0.579. The van der Waals surface area contributed by atoms with Crippen molar-refractivity contribution in [3.05, 3.63) is 12.4 Å².